The summed E-state index contributed by atoms with van der Waals surface area (Å²) in [5.41, 5.74) is 0.353. The third-order valence-corrected chi connectivity index (χ3v) is 3.89. The van der Waals surface area contributed by atoms with Crippen LogP contribution in [0, 0.1) is 22.9 Å². The van der Waals surface area contributed by atoms with Crippen LogP contribution in [0.25, 0.3) is 0 Å². The maximum atomic E-state index is 13.5. The number of hydrogen-bond donors (Lipinski definition) is 1. The Morgan fingerprint density at radius 3 is 2.44 bits per heavy atom. The molecule has 4 heteroatoms. The summed E-state index contributed by atoms with van der Waals surface area (Å²) < 4.78 is 39.3. The molecule has 2 rings (SSSR count). The molecular weight excluding hydrogens is 239 g/mol. The van der Waals surface area contributed by atoms with E-state index in [4.69, 9.17) is 0 Å². The van der Waals surface area contributed by atoms with Crippen LogP contribution in [0.1, 0.15) is 38.7 Å². The number of benzene rings is 1. The average Bonchev–Trinajstić information content (AvgIpc) is 2.61. The van der Waals surface area contributed by atoms with Gasteiger partial charge in [-0.15, -0.1) is 0 Å². The summed E-state index contributed by atoms with van der Waals surface area (Å²) in [6.45, 7) is 4.57. The minimum absolute atomic E-state index is 0.176. The van der Waals surface area contributed by atoms with Crippen LogP contribution in [0.5, 0.6) is 0 Å². The molecule has 0 heterocycles. The fourth-order valence-electron chi connectivity index (χ4n) is 2.64. The van der Waals surface area contributed by atoms with E-state index < -0.39 is 17.5 Å². The number of hydrogen-bond acceptors (Lipinski definition) is 1. The fourth-order valence-corrected chi connectivity index (χ4v) is 2.64. The van der Waals surface area contributed by atoms with Crippen molar-refractivity contribution in [2.75, 3.05) is 0 Å². The molecule has 0 spiro atoms. The fraction of sp³-hybridized carbons (Fsp3) is 0.571. The lowest BCUT2D eigenvalue weighted by Crippen LogP contribution is -2.37. The minimum Gasteiger partial charge on any atom is -0.309 e. The van der Waals surface area contributed by atoms with Gasteiger partial charge in [0, 0.05) is 24.2 Å². The summed E-state index contributed by atoms with van der Waals surface area (Å²) in [5.74, 6) is -2.84. The molecule has 0 bridgehead atoms. The zero-order valence-electron chi connectivity index (χ0n) is 10.7. The van der Waals surface area contributed by atoms with E-state index in [1.54, 1.807) is 0 Å². The summed E-state index contributed by atoms with van der Waals surface area (Å²) in [6, 6.07) is 1.83. The summed E-state index contributed by atoms with van der Waals surface area (Å²) in [4.78, 5) is 0. The lowest BCUT2D eigenvalue weighted by molar-refractivity contribution is 0.281. The number of rotatable bonds is 3. The topological polar surface area (TPSA) is 12.0 Å². The molecule has 1 atom stereocenters. The molecule has 0 saturated heterocycles. The molecule has 1 fully saturated rings. The third-order valence-electron chi connectivity index (χ3n) is 3.89. The van der Waals surface area contributed by atoms with E-state index in [0.29, 0.717) is 12.1 Å². The SMILES string of the molecule is CC1(C)CCCC1NCc1cc(F)c(F)cc1F. The second kappa shape index (κ2) is 4.92. The van der Waals surface area contributed by atoms with Gasteiger partial charge in [-0.05, 0) is 24.3 Å². The Morgan fingerprint density at radius 1 is 1.17 bits per heavy atom. The van der Waals surface area contributed by atoms with E-state index >= 15 is 0 Å². The first-order valence-electron chi connectivity index (χ1n) is 6.27. The van der Waals surface area contributed by atoms with Gasteiger partial charge in [0.15, 0.2) is 11.6 Å². The van der Waals surface area contributed by atoms with Crippen molar-refractivity contribution < 1.29 is 13.2 Å². The quantitative estimate of drug-likeness (QED) is 0.813. The smallest absolute Gasteiger partial charge is 0.161 e. The van der Waals surface area contributed by atoms with E-state index in [1.807, 2.05) is 0 Å². The molecule has 0 radical (unpaired) electrons. The lowest BCUT2D eigenvalue weighted by Gasteiger charge is -2.28. The standard InChI is InChI=1S/C14H18F3N/c1-14(2)5-3-4-13(14)18-8-9-6-11(16)12(17)7-10(9)15/h6-7,13,18H,3-5,8H2,1-2H3. The van der Waals surface area contributed by atoms with Gasteiger partial charge < -0.3 is 5.32 Å². The molecule has 1 aliphatic carbocycles. The van der Waals surface area contributed by atoms with Crippen molar-refractivity contribution in [1.82, 2.24) is 5.32 Å². The van der Waals surface area contributed by atoms with Crippen LogP contribution in [-0.4, -0.2) is 6.04 Å². The normalized spacial score (nSPS) is 22.4. The van der Waals surface area contributed by atoms with Crippen molar-refractivity contribution in [1.29, 1.82) is 0 Å². The van der Waals surface area contributed by atoms with Crippen LogP contribution >= 0.6 is 0 Å². The molecule has 0 aliphatic heterocycles. The molecule has 18 heavy (non-hydrogen) atoms. The van der Waals surface area contributed by atoms with Gasteiger partial charge in [0.2, 0.25) is 0 Å². The predicted molar refractivity (Wildman–Crippen MR) is 64.6 cm³/mol. The Hall–Kier alpha value is -1.03. The van der Waals surface area contributed by atoms with Crippen LogP contribution in [0.15, 0.2) is 12.1 Å². The molecule has 1 aromatic carbocycles. The molecule has 1 nitrogen and oxygen atoms in total. The Balaban J connectivity index is 2.04. The highest BCUT2D eigenvalue weighted by molar-refractivity contribution is 5.20. The van der Waals surface area contributed by atoms with E-state index in [0.717, 1.165) is 25.3 Å². The van der Waals surface area contributed by atoms with E-state index in [1.165, 1.54) is 0 Å². The highest BCUT2D eigenvalue weighted by Crippen LogP contribution is 2.37. The van der Waals surface area contributed by atoms with Crippen molar-refractivity contribution >= 4 is 0 Å². The van der Waals surface area contributed by atoms with Gasteiger partial charge >= 0.3 is 0 Å². The summed E-state index contributed by atoms with van der Waals surface area (Å²) in [5, 5.41) is 3.25. The van der Waals surface area contributed by atoms with Crippen molar-refractivity contribution in [3.63, 3.8) is 0 Å². The lowest BCUT2D eigenvalue weighted by atomic mass is 9.87. The van der Waals surface area contributed by atoms with Crippen LogP contribution in [0.4, 0.5) is 13.2 Å². The van der Waals surface area contributed by atoms with Crippen molar-refractivity contribution in [3.05, 3.63) is 35.1 Å². The monoisotopic (exact) mass is 257 g/mol. The van der Waals surface area contributed by atoms with Crippen LogP contribution in [-0.2, 0) is 6.54 Å². The Bertz CT molecular complexity index is 443. The predicted octanol–water partition coefficient (Wildman–Crippen LogP) is 3.77. The van der Waals surface area contributed by atoms with Gasteiger partial charge in [-0.1, -0.05) is 20.3 Å². The Morgan fingerprint density at radius 2 is 1.83 bits per heavy atom. The molecule has 1 aliphatic rings. The van der Waals surface area contributed by atoms with Crippen molar-refractivity contribution in [2.45, 2.75) is 45.7 Å². The molecule has 1 N–H and O–H groups in total. The van der Waals surface area contributed by atoms with Gasteiger partial charge in [-0.2, -0.15) is 0 Å². The van der Waals surface area contributed by atoms with Gasteiger partial charge in [0.1, 0.15) is 5.82 Å². The maximum absolute atomic E-state index is 13.5. The molecule has 1 aromatic rings. The maximum Gasteiger partial charge on any atom is 0.161 e. The molecule has 0 aromatic heterocycles. The summed E-state index contributed by atoms with van der Waals surface area (Å²) in [6.07, 6.45) is 3.31. The van der Waals surface area contributed by atoms with Gasteiger partial charge in [-0.3, -0.25) is 0 Å². The zero-order valence-corrected chi connectivity index (χ0v) is 10.7. The highest BCUT2D eigenvalue weighted by Gasteiger charge is 2.33. The highest BCUT2D eigenvalue weighted by atomic mass is 19.2. The molecule has 100 valence electrons. The van der Waals surface area contributed by atoms with Crippen LogP contribution < -0.4 is 5.32 Å². The minimum atomic E-state index is -1.14. The Labute approximate surface area is 105 Å². The van der Waals surface area contributed by atoms with E-state index in [2.05, 4.69) is 19.2 Å². The second-order valence-electron chi connectivity index (χ2n) is 5.67. The molecule has 1 saturated carbocycles. The van der Waals surface area contributed by atoms with Crippen molar-refractivity contribution in [2.24, 2.45) is 5.41 Å². The average molecular weight is 257 g/mol. The summed E-state index contributed by atoms with van der Waals surface area (Å²) in [7, 11) is 0. The zero-order chi connectivity index (χ0) is 13.3. The Kier molecular flexibility index (Phi) is 3.66. The van der Waals surface area contributed by atoms with Gasteiger partial charge in [0.25, 0.3) is 0 Å². The van der Waals surface area contributed by atoms with E-state index in [-0.39, 0.29) is 17.5 Å². The van der Waals surface area contributed by atoms with Crippen LogP contribution in [0.3, 0.4) is 0 Å². The van der Waals surface area contributed by atoms with Gasteiger partial charge in [-0.25, -0.2) is 13.2 Å². The first kappa shape index (κ1) is 13.4. The van der Waals surface area contributed by atoms with Crippen LogP contribution in [0.2, 0.25) is 0 Å². The van der Waals surface area contributed by atoms with Crippen molar-refractivity contribution in [3.8, 4) is 0 Å². The first-order valence-corrected chi connectivity index (χ1v) is 6.27. The first-order chi connectivity index (χ1) is 8.40. The summed E-state index contributed by atoms with van der Waals surface area (Å²) >= 11 is 0. The molecule has 0 amide bonds. The third kappa shape index (κ3) is 2.69. The van der Waals surface area contributed by atoms with E-state index in [9.17, 15) is 13.2 Å². The number of halogens is 3. The van der Waals surface area contributed by atoms with Gasteiger partial charge in [0.05, 0.1) is 0 Å². The largest absolute Gasteiger partial charge is 0.309 e. The second-order valence-corrected chi connectivity index (χ2v) is 5.67. The molecular formula is C14H18F3N. The number of nitrogens with one attached hydrogen (secondary N) is 1. The molecule has 1 unspecified atom stereocenters.